The first kappa shape index (κ1) is 24.4. The molecule has 0 saturated carbocycles. The minimum absolute atomic E-state index is 0.0458. The molecular weight excluding hydrogens is 457 g/mol. The highest BCUT2D eigenvalue weighted by atomic mass is 32.2. The number of anilines is 3. The number of pyridine rings is 1. The molecule has 0 aliphatic carbocycles. The van der Waals surface area contributed by atoms with Crippen molar-refractivity contribution >= 4 is 27.3 Å². The van der Waals surface area contributed by atoms with Crippen molar-refractivity contribution < 1.29 is 21.6 Å². The van der Waals surface area contributed by atoms with E-state index in [2.05, 4.69) is 25.6 Å². The van der Waals surface area contributed by atoms with Crippen LogP contribution in [-0.2, 0) is 29.1 Å². The van der Waals surface area contributed by atoms with Crippen LogP contribution in [0.2, 0.25) is 0 Å². The SMILES string of the molecule is CC(c1ncccc1CNc1nc(Nc2cccc(CN)c2)ncc1C(F)(F)F)S(C)(=O)=O. The molecule has 0 radical (unpaired) electrons. The number of halogens is 3. The number of nitrogens with one attached hydrogen (secondary N) is 2. The summed E-state index contributed by atoms with van der Waals surface area (Å²) in [6.45, 7) is 1.66. The molecule has 4 N–H and O–H groups in total. The summed E-state index contributed by atoms with van der Waals surface area (Å²) in [5.41, 5.74) is 6.66. The second-order valence-corrected chi connectivity index (χ2v) is 9.72. The lowest BCUT2D eigenvalue weighted by Crippen LogP contribution is -2.17. The number of hydrogen-bond acceptors (Lipinski definition) is 8. The van der Waals surface area contributed by atoms with Crippen LogP contribution in [0.15, 0.2) is 48.8 Å². The van der Waals surface area contributed by atoms with Gasteiger partial charge in [-0.3, -0.25) is 4.98 Å². The van der Waals surface area contributed by atoms with Crippen LogP contribution in [-0.4, -0.2) is 29.6 Å². The van der Waals surface area contributed by atoms with Gasteiger partial charge < -0.3 is 16.4 Å². The quantitative estimate of drug-likeness (QED) is 0.445. The number of alkyl halides is 3. The summed E-state index contributed by atoms with van der Waals surface area (Å²) in [5.74, 6) is -0.493. The Bertz CT molecular complexity index is 1230. The van der Waals surface area contributed by atoms with Crippen molar-refractivity contribution in [3.05, 3.63) is 71.2 Å². The Kier molecular flexibility index (Phi) is 7.18. The molecule has 176 valence electrons. The molecule has 0 aliphatic rings. The third-order valence-electron chi connectivity index (χ3n) is 4.91. The van der Waals surface area contributed by atoms with Crippen molar-refractivity contribution in [3.8, 4) is 0 Å². The molecule has 0 bridgehead atoms. The van der Waals surface area contributed by atoms with Gasteiger partial charge >= 0.3 is 6.18 Å². The van der Waals surface area contributed by atoms with E-state index in [1.807, 2.05) is 6.07 Å². The van der Waals surface area contributed by atoms with Crippen LogP contribution in [0.5, 0.6) is 0 Å². The van der Waals surface area contributed by atoms with E-state index >= 15 is 0 Å². The van der Waals surface area contributed by atoms with Crippen molar-refractivity contribution in [1.29, 1.82) is 0 Å². The molecule has 3 aromatic rings. The number of sulfone groups is 1. The molecule has 12 heteroatoms. The van der Waals surface area contributed by atoms with E-state index in [-0.39, 0.29) is 18.2 Å². The Morgan fingerprint density at radius 2 is 1.91 bits per heavy atom. The molecule has 1 atom stereocenters. The third kappa shape index (κ3) is 6.17. The fourth-order valence-corrected chi connectivity index (χ4v) is 3.66. The summed E-state index contributed by atoms with van der Waals surface area (Å²) in [7, 11) is -3.45. The maximum Gasteiger partial charge on any atom is 0.421 e. The molecule has 0 spiro atoms. The predicted octanol–water partition coefficient (Wildman–Crippen LogP) is 3.81. The van der Waals surface area contributed by atoms with Gasteiger partial charge in [0.05, 0.1) is 5.69 Å². The van der Waals surface area contributed by atoms with Gasteiger partial charge in [0.25, 0.3) is 0 Å². The highest BCUT2D eigenvalue weighted by Gasteiger charge is 2.35. The zero-order valence-corrected chi connectivity index (χ0v) is 18.7. The molecular formula is C21H23F3N6O2S. The Morgan fingerprint density at radius 1 is 1.15 bits per heavy atom. The van der Waals surface area contributed by atoms with E-state index in [4.69, 9.17) is 5.73 Å². The van der Waals surface area contributed by atoms with E-state index in [1.165, 1.54) is 13.1 Å². The summed E-state index contributed by atoms with van der Waals surface area (Å²) in [4.78, 5) is 11.9. The van der Waals surface area contributed by atoms with E-state index in [9.17, 15) is 21.6 Å². The van der Waals surface area contributed by atoms with Crippen molar-refractivity contribution in [2.75, 3.05) is 16.9 Å². The van der Waals surface area contributed by atoms with Crippen LogP contribution in [0.4, 0.5) is 30.6 Å². The largest absolute Gasteiger partial charge is 0.421 e. The summed E-state index contributed by atoms with van der Waals surface area (Å²) < 4.78 is 64.6. The molecule has 0 amide bonds. The molecule has 3 rings (SSSR count). The van der Waals surface area contributed by atoms with Gasteiger partial charge in [-0.25, -0.2) is 13.4 Å². The van der Waals surface area contributed by atoms with Crippen LogP contribution >= 0.6 is 0 Å². The maximum atomic E-state index is 13.5. The fourth-order valence-electron chi connectivity index (χ4n) is 3.04. The van der Waals surface area contributed by atoms with Gasteiger partial charge in [-0.05, 0) is 36.2 Å². The van der Waals surface area contributed by atoms with Crippen LogP contribution in [0.25, 0.3) is 0 Å². The summed E-state index contributed by atoms with van der Waals surface area (Å²) >= 11 is 0. The lowest BCUT2D eigenvalue weighted by molar-refractivity contribution is -0.137. The number of hydrogen-bond donors (Lipinski definition) is 3. The van der Waals surface area contributed by atoms with Gasteiger partial charge in [-0.1, -0.05) is 18.2 Å². The number of rotatable bonds is 8. The van der Waals surface area contributed by atoms with Crippen LogP contribution < -0.4 is 16.4 Å². The van der Waals surface area contributed by atoms with Crippen molar-refractivity contribution in [1.82, 2.24) is 15.0 Å². The van der Waals surface area contributed by atoms with Crippen molar-refractivity contribution in [2.24, 2.45) is 5.73 Å². The lowest BCUT2D eigenvalue weighted by Gasteiger charge is -2.17. The van der Waals surface area contributed by atoms with E-state index in [0.717, 1.165) is 11.8 Å². The highest BCUT2D eigenvalue weighted by molar-refractivity contribution is 7.90. The van der Waals surface area contributed by atoms with Gasteiger partial charge in [0.2, 0.25) is 5.95 Å². The maximum absolute atomic E-state index is 13.5. The first-order valence-electron chi connectivity index (χ1n) is 9.86. The van der Waals surface area contributed by atoms with Gasteiger partial charge in [0, 0.05) is 37.4 Å². The van der Waals surface area contributed by atoms with Crippen LogP contribution in [0.3, 0.4) is 0 Å². The summed E-state index contributed by atoms with van der Waals surface area (Å²) in [6, 6.07) is 10.2. The normalized spacial score (nSPS) is 12.9. The molecule has 0 fully saturated rings. The molecule has 1 aromatic carbocycles. The molecule has 33 heavy (non-hydrogen) atoms. The standard InChI is InChI=1S/C21H23F3N6O2S/c1-13(33(2,31)32)18-15(6-4-8-26-18)11-27-19-17(21(22,23)24)12-28-20(30-19)29-16-7-3-5-14(9-16)10-25/h3-9,12-13H,10-11,25H2,1-2H3,(H2,27,28,29,30). The van der Waals surface area contributed by atoms with E-state index in [0.29, 0.717) is 24.0 Å². The molecule has 2 aromatic heterocycles. The third-order valence-corrected chi connectivity index (χ3v) is 6.42. The first-order chi connectivity index (χ1) is 15.5. The smallest absolute Gasteiger partial charge is 0.365 e. The Hall–Kier alpha value is -3.25. The van der Waals surface area contributed by atoms with Crippen LogP contribution in [0, 0.1) is 0 Å². The number of benzene rings is 1. The van der Waals surface area contributed by atoms with E-state index < -0.39 is 32.6 Å². The fraction of sp³-hybridized carbons (Fsp3) is 0.286. The molecule has 2 heterocycles. The average molecular weight is 481 g/mol. The van der Waals surface area contributed by atoms with Gasteiger partial charge in [0.15, 0.2) is 9.84 Å². The van der Waals surface area contributed by atoms with Gasteiger partial charge in [-0.15, -0.1) is 0 Å². The first-order valence-corrected chi connectivity index (χ1v) is 11.8. The molecule has 1 unspecified atom stereocenters. The Balaban J connectivity index is 1.91. The summed E-state index contributed by atoms with van der Waals surface area (Å²) in [6.07, 6.45) is -1.50. The molecule has 8 nitrogen and oxygen atoms in total. The number of nitrogens with two attached hydrogens (primary N) is 1. The number of nitrogens with zero attached hydrogens (tertiary/aromatic N) is 3. The van der Waals surface area contributed by atoms with Crippen LogP contribution in [0.1, 0.15) is 34.6 Å². The topological polar surface area (TPSA) is 123 Å². The van der Waals surface area contributed by atoms with Gasteiger partial charge in [0.1, 0.15) is 16.6 Å². The molecule has 0 aliphatic heterocycles. The summed E-state index contributed by atoms with van der Waals surface area (Å²) in [5, 5.41) is 4.61. The average Bonchev–Trinajstić information content (AvgIpc) is 2.76. The molecule has 0 saturated heterocycles. The highest BCUT2D eigenvalue weighted by Crippen LogP contribution is 2.34. The minimum Gasteiger partial charge on any atom is -0.365 e. The monoisotopic (exact) mass is 480 g/mol. The Labute approximate surface area is 189 Å². The second kappa shape index (κ2) is 9.71. The van der Waals surface area contributed by atoms with Crippen molar-refractivity contribution in [2.45, 2.75) is 31.4 Å². The zero-order chi connectivity index (χ0) is 24.2. The van der Waals surface area contributed by atoms with Crippen molar-refractivity contribution in [3.63, 3.8) is 0 Å². The Morgan fingerprint density at radius 3 is 2.58 bits per heavy atom. The van der Waals surface area contributed by atoms with E-state index in [1.54, 1.807) is 30.3 Å². The second-order valence-electron chi connectivity index (χ2n) is 7.36. The number of aromatic nitrogens is 3. The minimum atomic E-state index is -4.70. The predicted molar refractivity (Wildman–Crippen MR) is 119 cm³/mol. The lowest BCUT2D eigenvalue weighted by atomic mass is 10.1. The zero-order valence-electron chi connectivity index (χ0n) is 17.9. The van der Waals surface area contributed by atoms with Gasteiger partial charge in [-0.2, -0.15) is 18.2 Å².